The van der Waals surface area contributed by atoms with E-state index in [-0.39, 0.29) is 6.03 Å². The zero-order chi connectivity index (χ0) is 23.6. The molecule has 1 aromatic heterocycles. The number of aromatic nitrogens is 2. The number of fused-ring (bicyclic) bond motifs is 1. The Morgan fingerprint density at radius 1 is 1.21 bits per heavy atom. The minimum absolute atomic E-state index is 0.242. The normalized spacial score (nSPS) is 20.5. The molecular weight excluding hydrogens is 422 g/mol. The number of morpholine rings is 1. The third kappa shape index (κ3) is 5.26. The molecule has 0 saturated carbocycles. The number of ether oxygens (including phenoxy) is 2. The minimum atomic E-state index is -0.910. The second-order valence-corrected chi connectivity index (χ2v) is 9.37. The third-order valence-corrected chi connectivity index (χ3v) is 5.84. The lowest BCUT2D eigenvalue weighted by Crippen LogP contribution is -2.38. The number of hydrogen-bond acceptors (Lipinski definition) is 7. The first kappa shape index (κ1) is 23.4. The van der Waals surface area contributed by atoms with Gasteiger partial charge in [-0.25, -0.2) is 14.8 Å². The van der Waals surface area contributed by atoms with Crippen molar-refractivity contribution in [3.8, 4) is 11.4 Å². The van der Waals surface area contributed by atoms with E-state index in [1.807, 2.05) is 38.1 Å². The van der Waals surface area contributed by atoms with E-state index in [0.717, 1.165) is 35.7 Å². The molecule has 0 aliphatic carbocycles. The average Bonchev–Trinajstić information content (AvgIpc) is 3.09. The molecule has 1 atom stereocenters. The number of urea groups is 1. The quantitative estimate of drug-likeness (QED) is 0.614. The Kier molecular flexibility index (Phi) is 6.56. The van der Waals surface area contributed by atoms with E-state index in [4.69, 9.17) is 19.4 Å². The van der Waals surface area contributed by atoms with Gasteiger partial charge in [-0.15, -0.1) is 0 Å². The maximum atomic E-state index is 11.8. The van der Waals surface area contributed by atoms with Crippen LogP contribution in [0.2, 0.25) is 0 Å². The smallest absolute Gasteiger partial charge is 0.319 e. The summed E-state index contributed by atoms with van der Waals surface area (Å²) in [6.45, 7) is 11.2. The number of carbonyl (C=O) groups excluding carboxylic acids is 1. The molecule has 3 N–H and O–H groups in total. The van der Waals surface area contributed by atoms with Gasteiger partial charge in [0.1, 0.15) is 11.4 Å². The molecule has 3 heterocycles. The predicted octanol–water partition coefficient (Wildman–Crippen LogP) is 3.03. The standard InChI is InChI=1S/C24H33N5O4/c1-5-25-22(30)26-17-8-6-16(7-9-17)20-27-19-18(14-33-24(19,4)15-23(2,3)31)21(28-20)29-10-12-32-13-11-29/h6-9,31H,5,10-15H2,1-4H3,(H2,25,26,30). The van der Waals surface area contributed by atoms with Crippen LogP contribution < -0.4 is 15.5 Å². The number of amides is 2. The van der Waals surface area contributed by atoms with Crippen LogP contribution in [0, 0.1) is 0 Å². The summed E-state index contributed by atoms with van der Waals surface area (Å²) in [7, 11) is 0. The molecule has 178 valence electrons. The van der Waals surface area contributed by atoms with Crippen molar-refractivity contribution in [2.24, 2.45) is 0 Å². The Bertz CT molecular complexity index is 999. The first-order valence-electron chi connectivity index (χ1n) is 11.4. The van der Waals surface area contributed by atoms with Crippen LogP contribution in [-0.2, 0) is 21.7 Å². The fraction of sp³-hybridized carbons (Fsp3) is 0.542. The van der Waals surface area contributed by atoms with Gasteiger partial charge in [-0.2, -0.15) is 0 Å². The van der Waals surface area contributed by atoms with Crippen molar-refractivity contribution in [2.45, 2.75) is 51.9 Å². The molecule has 2 aliphatic heterocycles. The molecule has 1 aromatic carbocycles. The van der Waals surface area contributed by atoms with Crippen LogP contribution in [0.25, 0.3) is 11.4 Å². The van der Waals surface area contributed by atoms with Gasteiger partial charge in [-0.3, -0.25) is 0 Å². The van der Waals surface area contributed by atoms with Gasteiger partial charge < -0.3 is 30.1 Å². The molecule has 2 aliphatic rings. The number of nitrogens with one attached hydrogen (secondary N) is 2. The number of carbonyl (C=O) groups is 1. The predicted molar refractivity (Wildman–Crippen MR) is 126 cm³/mol. The van der Waals surface area contributed by atoms with E-state index in [2.05, 4.69) is 15.5 Å². The van der Waals surface area contributed by atoms with E-state index in [0.29, 0.717) is 44.3 Å². The molecule has 4 rings (SSSR count). The summed E-state index contributed by atoms with van der Waals surface area (Å²) in [5.41, 5.74) is 1.70. The van der Waals surface area contributed by atoms with E-state index >= 15 is 0 Å². The third-order valence-electron chi connectivity index (χ3n) is 5.84. The van der Waals surface area contributed by atoms with Gasteiger partial charge in [0.05, 0.1) is 31.1 Å². The van der Waals surface area contributed by atoms with Crippen LogP contribution >= 0.6 is 0 Å². The molecule has 1 fully saturated rings. The molecule has 2 amide bonds. The Hall–Kier alpha value is -2.75. The summed E-state index contributed by atoms with van der Waals surface area (Å²) < 4.78 is 11.8. The van der Waals surface area contributed by atoms with Crippen LogP contribution in [-0.4, -0.2) is 59.6 Å². The second-order valence-electron chi connectivity index (χ2n) is 9.37. The Morgan fingerprint density at radius 2 is 1.91 bits per heavy atom. The van der Waals surface area contributed by atoms with Gasteiger partial charge in [0.25, 0.3) is 0 Å². The van der Waals surface area contributed by atoms with Crippen LogP contribution in [0.1, 0.15) is 45.4 Å². The van der Waals surface area contributed by atoms with Crippen molar-refractivity contribution < 1.29 is 19.4 Å². The summed E-state index contributed by atoms with van der Waals surface area (Å²) in [4.78, 5) is 23.9. The summed E-state index contributed by atoms with van der Waals surface area (Å²) in [5, 5.41) is 16.0. The molecule has 0 bridgehead atoms. The number of hydrogen-bond donors (Lipinski definition) is 3. The molecule has 0 spiro atoms. The fourth-order valence-electron chi connectivity index (χ4n) is 4.51. The molecular formula is C24H33N5O4. The van der Waals surface area contributed by atoms with Crippen molar-refractivity contribution >= 4 is 17.5 Å². The number of rotatable bonds is 6. The lowest BCUT2D eigenvalue weighted by molar-refractivity contribution is -0.0812. The molecule has 9 nitrogen and oxygen atoms in total. The molecule has 0 radical (unpaired) electrons. The molecule has 1 saturated heterocycles. The maximum Gasteiger partial charge on any atom is 0.319 e. The monoisotopic (exact) mass is 455 g/mol. The number of nitrogens with zero attached hydrogens (tertiary/aromatic N) is 3. The molecule has 2 aromatic rings. The Morgan fingerprint density at radius 3 is 2.55 bits per heavy atom. The van der Waals surface area contributed by atoms with Crippen LogP contribution in [0.5, 0.6) is 0 Å². The summed E-state index contributed by atoms with van der Waals surface area (Å²) in [6, 6.07) is 7.23. The van der Waals surface area contributed by atoms with E-state index < -0.39 is 11.2 Å². The second kappa shape index (κ2) is 9.24. The Balaban J connectivity index is 1.72. The van der Waals surface area contributed by atoms with Crippen molar-refractivity contribution in [3.63, 3.8) is 0 Å². The van der Waals surface area contributed by atoms with Crippen molar-refractivity contribution in [1.29, 1.82) is 0 Å². The van der Waals surface area contributed by atoms with Crippen LogP contribution in [0.4, 0.5) is 16.3 Å². The average molecular weight is 456 g/mol. The molecule has 9 heteroatoms. The zero-order valence-corrected chi connectivity index (χ0v) is 19.8. The fourth-order valence-corrected chi connectivity index (χ4v) is 4.51. The van der Waals surface area contributed by atoms with Gasteiger partial charge in [-0.05, 0) is 52.0 Å². The topological polar surface area (TPSA) is 109 Å². The highest BCUT2D eigenvalue weighted by molar-refractivity contribution is 5.89. The maximum absolute atomic E-state index is 11.8. The number of anilines is 2. The summed E-state index contributed by atoms with van der Waals surface area (Å²) in [5.74, 6) is 1.45. The van der Waals surface area contributed by atoms with E-state index in [1.165, 1.54) is 0 Å². The zero-order valence-electron chi connectivity index (χ0n) is 19.8. The van der Waals surface area contributed by atoms with Gasteiger partial charge in [-0.1, -0.05) is 0 Å². The lowest BCUT2D eigenvalue weighted by atomic mass is 9.87. The summed E-state index contributed by atoms with van der Waals surface area (Å²) >= 11 is 0. The Labute approximate surface area is 194 Å². The first-order valence-corrected chi connectivity index (χ1v) is 11.4. The van der Waals surface area contributed by atoms with Gasteiger partial charge in [0.15, 0.2) is 5.82 Å². The SMILES string of the molecule is CCNC(=O)Nc1ccc(-c2nc(N3CCOCC3)c3c(n2)C(C)(CC(C)(C)O)OC3)cc1. The van der Waals surface area contributed by atoms with Crippen LogP contribution in [0.3, 0.4) is 0 Å². The van der Waals surface area contributed by atoms with Gasteiger partial charge in [0, 0.05) is 42.9 Å². The highest BCUT2D eigenvalue weighted by atomic mass is 16.5. The minimum Gasteiger partial charge on any atom is -0.390 e. The summed E-state index contributed by atoms with van der Waals surface area (Å²) in [6.07, 6.45) is 0.418. The van der Waals surface area contributed by atoms with E-state index in [9.17, 15) is 9.90 Å². The van der Waals surface area contributed by atoms with Crippen LogP contribution in [0.15, 0.2) is 24.3 Å². The van der Waals surface area contributed by atoms with Crippen molar-refractivity contribution in [2.75, 3.05) is 43.1 Å². The van der Waals surface area contributed by atoms with Gasteiger partial charge >= 0.3 is 6.03 Å². The highest BCUT2D eigenvalue weighted by Gasteiger charge is 2.43. The number of benzene rings is 1. The van der Waals surface area contributed by atoms with Gasteiger partial charge in [0.2, 0.25) is 0 Å². The van der Waals surface area contributed by atoms with E-state index in [1.54, 1.807) is 13.8 Å². The highest BCUT2D eigenvalue weighted by Crippen LogP contribution is 2.44. The lowest BCUT2D eigenvalue weighted by Gasteiger charge is -2.32. The molecule has 33 heavy (non-hydrogen) atoms. The first-order chi connectivity index (χ1) is 15.7. The molecule has 1 unspecified atom stereocenters. The van der Waals surface area contributed by atoms with Crippen molar-refractivity contribution in [1.82, 2.24) is 15.3 Å². The number of aliphatic hydroxyl groups is 1. The largest absolute Gasteiger partial charge is 0.390 e. The van der Waals surface area contributed by atoms with Crippen molar-refractivity contribution in [3.05, 3.63) is 35.5 Å².